The summed E-state index contributed by atoms with van der Waals surface area (Å²) in [5, 5.41) is 0. The van der Waals surface area contributed by atoms with Crippen LogP contribution in [-0.2, 0) is 0 Å². The van der Waals surface area contributed by atoms with Crippen molar-refractivity contribution in [3.63, 3.8) is 0 Å². The second kappa shape index (κ2) is 2.77. The third-order valence-corrected chi connectivity index (χ3v) is 0.454. The molecule has 0 rings (SSSR count). The SMILES string of the molecule is C[C](C)C#CC(F)(F)F. The van der Waals surface area contributed by atoms with Gasteiger partial charge in [-0.15, -0.1) is 0 Å². The normalized spacial score (nSPS) is 10.9. The minimum Gasteiger partial charge on any atom is -0.159 e. The molecule has 9 heavy (non-hydrogen) atoms. The summed E-state index contributed by atoms with van der Waals surface area (Å²) in [6, 6.07) is 0. The van der Waals surface area contributed by atoms with Crippen molar-refractivity contribution in [1.82, 2.24) is 0 Å². The van der Waals surface area contributed by atoms with Gasteiger partial charge in [0.05, 0.1) is 0 Å². The standard InChI is InChI=1S/C6H6F3/c1-5(2)3-4-6(7,8)9/h1-2H3. The summed E-state index contributed by atoms with van der Waals surface area (Å²) < 4.78 is 33.7. The second-order valence-corrected chi connectivity index (χ2v) is 1.75. The molecule has 3 heteroatoms. The van der Waals surface area contributed by atoms with Crippen molar-refractivity contribution in [2.75, 3.05) is 0 Å². The molecule has 0 heterocycles. The van der Waals surface area contributed by atoms with Crippen molar-refractivity contribution in [2.24, 2.45) is 0 Å². The van der Waals surface area contributed by atoms with Gasteiger partial charge in [0, 0.05) is 11.8 Å². The molecule has 0 bridgehead atoms. The summed E-state index contributed by atoms with van der Waals surface area (Å²) in [7, 11) is 0. The van der Waals surface area contributed by atoms with Crippen LogP contribution in [0.1, 0.15) is 13.8 Å². The molecule has 0 unspecified atom stereocenters. The Balaban J connectivity index is 3.88. The second-order valence-electron chi connectivity index (χ2n) is 1.75. The van der Waals surface area contributed by atoms with Crippen LogP contribution < -0.4 is 0 Å². The monoisotopic (exact) mass is 135 g/mol. The van der Waals surface area contributed by atoms with Crippen molar-refractivity contribution in [3.8, 4) is 11.8 Å². The Morgan fingerprint density at radius 1 is 1.22 bits per heavy atom. The molecule has 0 N–H and O–H groups in total. The Morgan fingerprint density at radius 2 is 1.67 bits per heavy atom. The lowest BCUT2D eigenvalue weighted by atomic mass is 10.2. The van der Waals surface area contributed by atoms with Crippen molar-refractivity contribution < 1.29 is 13.2 Å². The van der Waals surface area contributed by atoms with E-state index in [-0.39, 0.29) is 0 Å². The summed E-state index contributed by atoms with van der Waals surface area (Å²) >= 11 is 0. The fourth-order valence-electron chi connectivity index (χ4n) is 0.196. The van der Waals surface area contributed by atoms with Crippen molar-refractivity contribution in [3.05, 3.63) is 5.92 Å². The van der Waals surface area contributed by atoms with Gasteiger partial charge in [-0.2, -0.15) is 13.2 Å². The fraction of sp³-hybridized carbons (Fsp3) is 0.500. The highest BCUT2D eigenvalue weighted by Crippen LogP contribution is 2.12. The van der Waals surface area contributed by atoms with Crippen LogP contribution in [0.4, 0.5) is 13.2 Å². The lowest BCUT2D eigenvalue weighted by molar-refractivity contribution is -0.0697. The molecule has 0 amide bonds. The van der Waals surface area contributed by atoms with Crippen LogP contribution in [0.2, 0.25) is 0 Å². The number of hydrogen-bond acceptors (Lipinski definition) is 0. The van der Waals surface area contributed by atoms with Gasteiger partial charge < -0.3 is 0 Å². The van der Waals surface area contributed by atoms with Gasteiger partial charge in [0.1, 0.15) is 0 Å². The number of halogens is 3. The fourth-order valence-corrected chi connectivity index (χ4v) is 0.196. The Hall–Kier alpha value is -0.650. The van der Waals surface area contributed by atoms with E-state index in [1.54, 1.807) is 0 Å². The van der Waals surface area contributed by atoms with Gasteiger partial charge in [-0.25, -0.2) is 0 Å². The predicted octanol–water partition coefficient (Wildman–Crippen LogP) is 2.17. The van der Waals surface area contributed by atoms with Crippen molar-refractivity contribution >= 4 is 0 Å². The van der Waals surface area contributed by atoms with Crippen LogP contribution in [0.5, 0.6) is 0 Å². The average Bonchev–Trinajstić information content (AvgIpc) is 1.59. The molecule has 0 aliphatic rings. The molecule has 0 aromatic carbocycles. The van der Waals surface area contributed by atoms with E-state index in [2.05, 4.69) is 0 Å². The van der Waals surface area contributed by atoms with Gasteiger partial charge in [-0.1, -0.05) is 5.92 Å². The predicted molar refractivity (Wildman–Crippen MR) is 28.4 cm³/mol. The Morgan fingerprint density at radius 3 is 1.78 bits per heavy atom. The minimum absolute atomic E-state index is 0.465. The first-order valence-electron chi connectivity index (χ1n) is 2.32. The summed E-state index contributed by atoms with van der Waals surface area (Å²) in [5.74, 6) is 3.53. The smallest absolute Gasteiger partial charge is 0.159 e. The van der Waals surface area contributed by atoms with Crippen LogP contribution in [0.15, 0.2) is 0 Å². The summed E-state index contributed by atoms with van der Waals surface area (Å²) in [4.78, 5) is 0. The van der Waals surface area contributed by atoms with E-state index in [0.29, 0.717) is 5.92 Å². The van der Waals surface area contributed by atoms with Crippen LogP contribution >= 0.6 is 0 Å². The van der Waals surface area contributed by atoms with E-state index >= 15 is 0 Å². The third kappa shape index (κ3) is 7.35. The molecule has 0 aromatic rings. The summed E-state index contributed by atoms with van der Waals surface area (Å²) in [5.41, 5.74) is 0. The maximum Gasteiger partial charge on any atom is 0.457 e. The van der Waals surface area contributed by atoms with Gasteiger partial charge >= 0.3 is 6.18 Å². The van der Waals surface area contributed by atoms with E-state index in [0.717, 1.165) is 5.92 Å². The molecule has 0 saturated heterocycles. The van der Waals surface area contributed by atoms with Crippen LogP contribution in [-0.4, -0.2) is 6.18 Å². The van der Waals surface area contributed by atoms with Crippen LogP contribution in [0.3, 0.4) is 0 Å². The van der Waals surface area contributed by atoms with Crippen molar-refractivity contribution in [2.45, 2.75) is 20.0 Å². The Bertz CT molecular complexity index is 133. The Kier molecular flexibility index (Phi) is 2.57. The van der Waals surface area contributed by atoms with E-state index in [1.807, 2.05) is 5.92 Å². The maximum absolute atomic E-state index is 11.2. The van der Waals surface area contributed by atoms with Gasteiger partial charge in [0.15, 0.2) is 0 Å². The molecule has 0 fully saturated rings. The molecule has 0 aromatic heterocycles. The van der Waals surface area contributed by atoms with Gasteiger partial charge in [0.2, 0.25) is 0 Å². The van der Waals surface area contributed by atoms with Gasteiger partial charge in [-0.3, -0.25) is 0 Å². The Labute approximate surface area is 52.1 Å². The lowest BCUT2D eigenvalue weighted by Crippen LogP contribution is -2.01. The number of hydrogen-bond donors (Lipinski definition) is 0. The molecule has 0 spiro atoms. The quantitative estimate of drug-likeness (QED) is 0.446. The van der Waals surface area contributed by atoms with Gasteiger partial charge in [0.25, 0.3) is 0 Å². The molecule has 0 atom stereocenters. The largest absolute Gasteiger partial charge is 0.457 e. The van der Waals surface area contributed by atoms with E-state index in [4.69, 9.17) is 0 Å². The molecule has 0 aliphatic carbocycles. The van der Waals surface area contributed by atoms with Crippen LogP contribution in [0, 0.1) is 17.8 Å². The number of alkyl halides is 3. The highest BCUT2D eigenvalue weighted by atomic mass is 19.4. The minimum atomic E-state index is -4.35. The summed E-state index contributed by atoms with van der Waals surface area (Å²) in [6.45, 7) is 3.05. The topological polar surface area (TPSA) is 0 Å². The molecule has 1 radical (unpaired) electrons. The molecule has 0 aliphatic heterocycles. The summed E-state index contributed by atoms with van der Waals surface area (Å²) in [6.07, 6.45) is -4.35. The maximum atomic E-state index is 11.2. The highest BCUT2D eigenvalue weighted by molar-refractivity contribution is 5.19. The van der Waals surface area contributed by atoms with Crippen molar-refractivity contribution in [1.29, 1.82) is 0 Å². The third-order valence-electron chi connectivity index (χ3n) is 0.454. The molecule has 51 valence electrons. The average molecular weight is 135 g/mol. The number of rotatable bonds is 0. The first-order valence-corrected chi connectivity index (χ1v) is 2.32. The molecular weight excluding hydrogens is 129 g/mol. The van der Waals surface area contributed by atoms with Gasteiger partial charge in [-0.05, 0) is 13.8 Å². The van der Waals surface area contributed by atoms with Crippen LogP contribution in [0.25, 0.3) is 0 Å². The molecular formula is C6H6F3. The molecule has 0 saturated carbocycles. The molecule has 0 nitrogen and oxygen atoms in total. The van der Waals surface area contributed by atoms with E-state index in [1.165, 1.54) is 13.8 Å². The first kappa shape index (κ1) is 8.35. The lowest BCUT2D eigenvalue weighted by Gasteiger charge is -1.92. The van der Waals surface area contributed by atoms with E-state index < -0.39 is 6.18 Å². The van der Waals surface area contributed by atoms with E-state index in [9.17, 15) is 13.2 Å². The highest BCUT2D eigenvalue weighted by Gasteiger charge is 2.22. The zero-order chi connectivity index (χ0) is 7.49. The first-order chi connectivity index (χ1) is 3.92. The zero-order valence-corrected chi connectivity index (χ0v) is 5.13. The zero-order valence-electron chi connectivity index (χ0n) is 5.13.